The Morgan fingerprint density at radius 1 is 1.35 bits per heavy atom. The number of aromatic nitrogens is 1. The standard InChI is InChI=1S/C17H25N3O2S/c1-6-19(7-2)10-11-20(13(4)21)17-18-15-14(22-5)9-8-12(3)16(15)23-17/h8-9H,6-7,10-11H2,1-5H3/p+1. The number of rotatable bonds is 7. The zero-order valence-electron chi connectivity index (χ0n) is 14.6. The van der Waals surface area contributed by atoms with Crippen molar-refractivity contribution in [1.82, 2.24) is 4.98 Å². The molecule has 1 amide bonds. The smallest absolute Gasteiger partial charge is 0.225 e. The fourth-order valence-corrected chi connectivity index (χ4v) is 3.76. The van der Waals surface area contributed by atoms with Gasteiger partial charge in [0.25, 0.3) is 0 Å². The summed E-state index contributed by atoms with van der Waals surface area (Å²) in [5.41, 5.74) is 2.00. The van der Waals surface area contributed by atoms with E-state index in [1.54, 1.807) is 30.3 Å². The van der Waals surface area contributed by atoms with E-state index in [0.717, 1.165) is 46.3 Å². The Morgan fingerprint density at radius 2 is 2.04 bits per heavy atom. The maximum atomic E-state index is 12.1. The van der Waals surface area contributed by atoms with Crippen molar-refractivity contribution in [2.75, 3.05) is 38.2 Å². The number of hydrogen-bond donors (Lipinski definition) is 1. The number of benzene rings is 1. The monoisotopic (exact) mass is 336 g/mol. The summed E-state index contributed by atoms with van der Waals surface area (Å²) in [6.45, 7) is 11.7. The van der Waals surface area contributed by atoms with Crippen LogP contribution < -0.4 is 14.5 Å². The van der Waals surface area contributed by atoms with Gasteiger partial charge in [0, 0.05) is 6.92 Å². The van der Waals surface area contributed by atoms with Gasteiger partial charge in [0.2, 0.25) is 5.91 Å². The highest BCUT2D eigenvalue weighted by molar-refractivity contribution is 7.22. The highest BCUT2D eigenvalue weighted by Crippen LogP contribution is 2.36. The molecule has 0 radical (unpaired) electrons. The van der Waals surface area contributed by atoms with Crippen molar-refractivity contribution < 1.29 is 14.4 Å². The minimum absolute atomic E-state index is 0.0345. The summed E-state index contributed by atoms with van der Waals surface area (Å²) in [6, 6.07) is 3.96. The molecular weight excluding hydrogens is 310 g/mol. The Balaban J connectivity index is 2.34. The number of amides is 1. The second kappa shape index (κ2) is 7.75. The molecule has 0 aliphatic carbocycles. The SMILES string of the molecule is CC[NH+](CC)CCN(C(C)=O)c1nc2c(OC)ccc(C)c2s1. The lowest BCUT2D eigenvalue weighted by molar-refractivity contribution is -0.894. The van der Waals surface area contributed by atoms with Gasteiger partial charge in [-0.05, 0) is 32.4 Å². The zero-order chi connectivity index (χ0) is 17.0. The van der Waals surface area contributed by atoms with Crippen LogP contribution in [0.4, 0.5) is 5.13 Å². The molecule has 6 heteroatoms. The van der Waals surface area contributed by atoms with Crippen molar-refractivity contribution in [3.05, 3.63) is 17.7 Å². The molecular formula is C17H26N3O2S+. The molecule has 0 aliphatic heterocycles. The van der Waals surface area contributed by atoms with Crippen molar-refractivity contribution in [2.24, 2.45) is 0 Å². The average molecular weight is 336 g/mol. The number of nitrogens with zero attached hydrogens (tertiary/aromatic N) is 2. The largest absolute Gasteiger partial charge is 0.494 e. The first-order chi connectivity index (χ1) is 11.0. The number of quaternary nitrogens is 1. The number of fused-ring (bicyclic) bond motifs is 1. The predicted octanol–water partition coefficient (Wildman–Crippen LogP) is 1.89. The van der Waals surface area contributed by atoms with Crippen LogP contribution in [0, 0.1) is 6.92 Å². The van der Waals surface area contributed by atoms with Crippen LogP contribution in [0.1, 0.15) is 26.3 Å². The molecule has 5 nitrogen and oxygen atoms in total. The van der Waals surface area contributed by atoms with Crippen LogP contribution in [0.25, 0.3) is 10.2 Å². The van der Waals surface area contributed by atoms with E-state index in [4.69, 9.17) is 4.74 Å². The number of anilines is 1. The summed E-state index contributed by atoms with van der Waals surface area (Å²) in [7, 11) is 1.65. The van der Waals surface area contributed by atoms with E-state index in [-0.39, 0.29) is 5.91 Å². The molecule has 0 atom stereocenters. The predicted molar refractivity (Wildman–Crippen MR) is 95.8 cm³/mol. The Labute approximate surface area is 141 Å². The first kappa shape index (κ1) is 17.7. The summed E-state index contributed by atoms with van der Waals surface area (Å²) in [4.78, 5) is 20.1. The molecule has 1 heterocycles. The van der Waals surface area contributed by atoms with E-state index in [1.165, 1.54) is 4.90 Å². The lowest BCUT2D eigenvalue weighted by Gasteiger charge is -2.21. The van der Waals surface area contributed by atoms with Gasteiger partial charge in [0.1, 0.15) is 11.3 Å². The summed E-state index contributed by atoms with van der Waals surface area (Å²) in [5, 5.41) is 0.756. The van der Waals surface area contributed by atoms with Crippen LogP contribution in [-0.4, -0.2) is 44.2 Å². The molecule has 1 aromatic heterocycles. The van der Waals surface area contributed by atoms with Gasteiger partial charge in [0.05, 0.1) is 38.0 Å². The topological polar surface area (TPSA) is 46.9 Å². The van der Waals surface area contributed by atoms with Gasteiger partial charge in [-0.15, -0.1) is 0 Å². The van der Waals surface area contributed by atoms with Gasteiger partial charge < -0.3 is 9.64 Å². The van der Waals surface area contributed by atoms with Crippen molar-refractivity contribution in [1.29, 1.82) is 0 Å². The maximum absolute atomic E-state index is 12.1. The van der Waals surface area contributed by atoms with Crippen molar-refractivity contribution >= 4 is 32.6 Å². The summed E-state index contributed by atoms with van der Waals surface area (Å²) < 4.78 is 6.49. The lowest BCUT2D eigenvalue weighted by Crippen LogP contribution is -3.12. The number of nitrogens with one attached hydrogen (secondary N) is 1. The van der Waals surface area contributed by atoms with E-state index in [1.807, 2.05) is 12.1 Å². The van der Waals surface area contributed by atoms with Crippen LogP contribution in [-0.2, 0) is 4.79 Å². The number of thiazole rings is 1. The molecule has 0 saturated heterocycles. The average Bonchev–Trinajstić information content (AvgIpc) is 2.97. The van der Waals surface area contributed by atoms with Gasteiger partial charge in [-0.3, -0.25) is 9.69 Å². The third kappa shape index (κ3) is 3.82. The van der Waals surface area contributed by atoms with Crippen molar-refractivity contribution in [3.63, 3.8) is 0 Å². The quantitative estimate of drug-likeness (QED) is 0.840. The molecule has 2 rings (SSSR count). The van der Waals surface area contributed by atoms with Crippen LogP contribution >= 0.6 is 11.3 Å². The number of carbonyl (C=O) groups is 1. The van der Waals surface area contributed by atoms with Crippen molar-refractivity contribution in [3.8, 4) is 5.75 Å². The summed E-state index contributed by atoms with van der Waals surface area (Å²) in [5.74, 6) is 0.790. The van der Waals surface area contributed by atoms with Gasteiger partial charge in [-0.2, -0.15) is 0 Å². The molecule has 0 saturated carbocycles. The minimum atomic E-state index is 0.0345. The highest BCUT2D eigenvalue weighted by atomic mass is 32.1. The second-order valence-corrected chi connectivity index (χ2v) is 6.61. The van der Waals surface area contributed by atoms with E-state index in [9.17, 15) is 4.79 Å². The minimum Gasteiger partial charge on any atom is -0.494 e. The van der Waals surface area contributed by atoms with Crippen molar-refractivity contribution in [2.45, 2.75) is 27.7 Å². The number of carbonyl (C=O) groups excluding carboxylic acids is 1. The Bertz CT molecular complexity index is 680. The molecule has 0 aliphatic rings. The first-order valence-corrected chi connectivity index (χ1v) is 8.89. The molecule has 23 heavy (non-hydrogen) atoms. The molecule has 0 fully saturated rings. The maximum Gasteiger partial charge on any atom is 0.225 e. The van der Waals surface area contributed by atoms with Gasteiger partial charge in [-0.1, -0.05) is 17.4 Å². The number of likely N-dealkylation sites (N-methyl/N-ethyl adjacent to an activating group) is 1. The van der Waals surface area contributed by atoms with E-state index in [2.05, 4.69) is 25.8 Å². The molecule has 0 unspecified atom stereocenters. The van der Waals surface area contributed by atoms with Gasteiger partial charge >= 0.3 is 0 Å². The number of methoxy groups -OCH3 is 1. The molecule has 0 spiro atoms. The number of aryl methyl sites for hydroxylation is 1. The third-order valence-electron chi connectivity index (χ3n) is 4.21. The van der Waals surface area contributed by atoms with Crippen LogP contribution in [0.2, 0.25) is 0 Å². The molecule has 1 N–H and O–H groups in total. The van der Waals surface area contributed by atoms with E-state index >= 15 is 0 Å². The molecule has 0 bridgehead atoms. The Hall–Kier alpha value is -1.66. The molecule has 2 aromatic rings. The highest BCUT2D eigenvalue weighted by Gasteiger charge is 2.20. The van der Waals surface area contributed by atoms with Crippen LogP contribution in [0.15, 0.2) is 12.1 Å². The number of hydrogen-bond acceptors (Lipinski definition) is 4. The number of ether oxygens (including phenoxy) is 1. The van der Waals surface area contributed by atoms with Gasteiger partial charge in [-0.25, -0.2) is 4.98 Å². The fourth-order valence-electron chi connectivity index (χ4n) is 2.64. The Kier molecular flexibility index (Phi) is 5.96. The molecule has 126 valence electrons. The van der Waals surface area contributed by atoms with Gasteiger partial charge in [0.15, 0.2) is 5.13 Å². The summed E-state index contributed by atoms with van der Waals surface area (Å²) >= 11 is 1.56. The van der Waals surface area contributed by atoms with E-state index in [0.29, 0.717) is 6.54 Å². The first-order valence-electron chi connectivity index (χ1n) is 8.07. The van der Waals surface area contributed by atoms with Crippen LogP contribution in [0.5, 0.6) is 5.75 Å². The van der Waals surface area contributed by atoms with Crippen LogP contribution in [0.3, 0.4) is 0 Å². The summed E-state index contributed by atoms with van der Waals surface area (Å²) in [6.07, 6.45) is 0. The second-order valence-electron chi connectivity index (χ2n) is 5.64. The zero-order valence-corrected chi connectivity index (χ0v) is 15.4. The fraction of sp³-hybridized carbons (Fsp3) is 0.529. The lowest BCUT2D eigenvalue weighted by atomic mass is 10.2. The molecule has 1 aromatic carbocycles. The van der Waals surface area contributed by atoms with E-state index < -0.39 is 0 Å². The normalized spacial score (nSPS) is 11.2. The Morgan fingerprint density at radius 3 is 2.61 bits per heavy atom. The third-order valence-corrected chi connectivity index (χ3v) is 5.43.